The van der Waals surface area contributed by atoms with Crippen molar-refractivity contribution < 1.29 is 14.1 Å². The molecule has 2 heterocycles. The Bertz CT molecular complexity index is 515. The molecule has 0 bridgehead atoms. The Morgan fingerprint density at radius 2 is 1.79 bits per heavy atom. The van der Waals surface area contributed by atoms with Crippen molar-refractivity contribution in [3.63, 3.8) is 0 Å². The van der Waals surface area contributed by atoms with Gasteiger partial charge in [-0.15, -0.1) is 0 Å². The van der Waals surface area contributed by atoms with E-state index in [1.807, 2.05) is 27.7 Å². The summed E-state index contributed by atoms with van der Waals surface area (Å²) in [6.45, 7) is 7.73. The highest BCUT2D eigenvalue weighted by atomic mass is 16.7. The van der Waals surface area contributed by atoms with Gasteiger partial charge in [-0.05, 0) is 33.8 Å². The molecule has 0 unspecified atom stereocenters. The minimum Gasteiger partial charge on any atom is -0.399 e. The van der Waals surface area contributed by atoms with Gasteiger partial charge in [0.25, 0.3) is 0 Å². The highest BCUT2D eigenvalue weighted by Crippen LogP contribution is 2.36. The summed E-state index contributed by atoms with van der Waals surface area (Å²) in [5.41, 5.74) is 10.7. The predicted octanol–water partition coefficient (Wildman–Crippen LogP) is 0.0619. The fourth-order valence-electron chi connectivity index (χ4n) is 1.85. The zero-order valence-electron chi connectivity index (χ0n) is 11.6. The molecule has 0 radical (unpaired) electrons. The number of pyridine rings is 1. The van der Waals surface area contributed by atoms with Gasteiger partial charge in [-0.2, -0.15) is 0 Å². The highest BCUT2D eigenvalue weighted by Gasteiger charge is 2.52. The number of nitrogens with zero attached hydrogens (tertiary/aromatic N) is 1. The summed E-state index contributed by atoms with van der Waals surface area (Å²) in [4.78, 5) is 15.5. The van der Waals surface area contributed by atoms with Crippen molar-refractivity contribution in [2.45, 2.75) is 38.9 Å². The second-order valence-electron chi connectivity index (χ2n) is 5.65. The molecule has 0 saturated carbocycles. The van der Waals surface area contributed by atoms with Gasteiger partial charge in [0.05, 0.1) is 11.2 Å². The molecule has 6 nitrogen and oxygen atoms in total. The van der Waals surface area contributed by atoms with Gasteiger partial charge in [0.15, 0.2) is 0 Å². The van der Waals surface area contributed by atoms with Gasteiger partial charge in [-0.1, -0.05) is 0 Å². The third-order valence-corrected chi connectivity index (χ3v) is 3.73. The van der Waals surface area contributed by atoms with E-state index in [0.717, 1.165) is 0 Å². The van der Waals surface area contributed by atoms with Crippen LogP contribution in [0.3, 0.4) is 0 Å². The lowest BCUT2D eigenvalue weighted by Gasteiger charge is -2.32. The topological polar surface area (TPSA) is 100 Å². The molecular weight excluding hydrogens is 245 g/mol. The van der Waals surface area contributed by atoms with Crippen molar-refractivity contribution in [3.05, 3.63) is 17.8 Å². The van der Waals surface area contributed by atoms with Crippen LogP contribution in [0.25, 0.3) is 0 Å². The van der Waals surface area contributed by atoms with Crippen molar-refractivity contribution >= 4 is 24.3 Å². The minimum atomic E-state index is -0.680. The molecule has 1 fully saturated rings. The summed E-state index contributed by atoms with van der Waals surface area (Å²) in [6, 6.07) is 1.43. The van der Waals surface area contributed by atoms with Crippen molar-refractivity contribution in [3.8, 4) is 0 Å². The van der Waals surface area contributed by atoms with Gasteiger partial charge in [0.2, 0.25) is 5.91 Å². The smallest absolute Gasteiger partial charge is 0.399 e. The van der Waals surface area contributed by atoms with Crippen LogP contribution in [0.2, 0.25) is 0 Å². The monoisotopic (exact) mass is 263 g/mol. The number of nitrogens with two attached hydrogens (primary N) is 2. The fraction of sp³-hybridized carbons (Fsp3) is 0.500. The zero-order chi connectivity index (χ0) is 14.4. The third-order valence-electron chi connectivity index (χ3n) is 3.73. The Balaban J connectivity index is 2.42. The molecule has 0 atom stereocenters. The number of rotatable bonds is 2. The molecule has 1 aliphatic rings. The molecule has 1 aromatic rings. The number of carbonyl (C=O) groups excluding carboxylic acids is 1. The molecule has 1 aromatic heterocycles. The van der Waals surface area contributed by atoms with Crippen LogP contribution in [0, 0.1) is 0 Å². The maximum atomic E-state index is 11.5. The summed E-state index contributed by atoms with van der Waals surface area (Å²) in [7, 11) is -0.680. The van der Waals surface area contributed by atoms with E-state index < -0.39 is 24.2 Å². The molecule has 102 valence electrons. The van der Waals surface area contributed by atoms with E-state index >= 15 is 0 Å². The number of nitrogen functional groups attached to an aromatic ring is 1. The standard InChI is InChI=1S/C12H18BN3O3/c1-11(2)12(3,4)19-13(18-11)8-6-16-9(14)5-7(8)10(15)17/h5-6H,1-4H3,(H2,14,16)(H2,15,17). The molecule has 0 spiro atoms. The molecule has 2 rings (SSSR count). The van der Waals surface area contributed by atoms with Crippen LogP contribution >= 0.6 is 0 Å². The van der Waals surface area contributed by atoms with Crippen LogP contribution in [0.5, 0.6) is 0 Å². The van der Waals surface area contributed by atoms with Crippen molar-refractivity contribution in [2.24, 2.45) is 5.73 Å². The van der Waals surface area contributed by atoms with E-state index in [9.17, 15) is 4.79 Å². The summed E-state index contributed by atoms with van der Waals surface area (Å²) in [5.74, 6) is -0.354. The molecule has 1 aliphatic heterocycles. The Morgan fingerprint density at radius 1 is 1.26 bits per heavy atom. The maximum absolute atomic E-state index is 11.5. The first kappa shape index (κ1) is 13.8. The molecule has 19 heavy (non-hydrogen) atoms. The first-order valence-corrected chi connectivity index (χ1v) is 6.05. The van der Waals surface area contributed by atoms with Gasteiger partial charge in [-0.3, -0.25) is 4.79 Å². The van der Waals surface area contributed by atoms with Crippen LogP contribution in [-0.2, 0) is 9.31 Å². The SMILES string of the molecule is CC1(C)OB(c2cnc(N)cc2C(N)=O)OC1(C)C. The van der Waals surface area contributed by atoms with Gasteiger partial charge >= 0.3 is 7.12 Å². The maximum Gasteiger partial charge on any atom is 0.497 e. The normalized spacial score (nSPS) is 20.5. The van der Waals surface area contributed by atoms with Crippen molar-refractivity contribution in [1.82, 2.24) is 4.98 Å². The molecule has 1 amide bonds. The van der Waals surface area contributed by atoms with Crippen LogP contribution in [0.4, 0.5) is 5.82 Å². The van der Waals surface area contributed by atoms with E-state index in [0.29, 0.717) is 5.46 Å². The number of hydrogen-bond donors (Lipinski definition) is 2. The van der Waals surface area contributed by atoms with Crippen molar-refractivity contribution in [2.75, 3.05) is 5.73 Å². The lowest BCUT2D eigenvalue weighted by atomic mass is 9.77. The van der Waals surface area contributed by atoms with Crippen LogP contribution in [-0.4, -0.2) is 29.2 Å². The van der Waals surface area contributed by atoms with Crippen LogP contribution in [0.1, 0.15) is 38.1 Å². The fourth-order valence-corrected chi connectivity index (χ4v) is 1.85. The van der Waals surface area contributed by atoms with E-state index in [-0.39, 0.29) is 11.4 Å². The average molecular weight is 263 g/mol. The molecule has 1 saturated heterocycles. The zero-order valence-corrected chi connectivity index (χ0v) is 11.6. The molecule has 7 heteroatoms. The van der Waals surface area contributed by atoms with Gasteiger partial charge in [0, 0.05) is 17.2 Å². The Morgan fingerprint density at radius 3 is 2.26 bits per heavy atom. The van der Waals surface area contributed by atoms with Crippen LogP contribution < -0.4 is 16.9 Å². The van der Waals surface area contributed by atoms with E-state index in [2.05, 4.69) is 4.98 Å². The van der Waals surface area contributed by atoms with Gasteiger partial charge < -0.3 is 20.8 Å². The summed E-state index contributed by atoms with van der Waals surface area (Å²) >= 11 is 0. The van der Waals surface area contributed by atoms with E-state index in [4.69, 9.17) is 20.8 Å². The molecule has 0 aliphatic carbocycles. The Labute approximate surface area is 112 Å². The minimum absolute atomic E-state index is 0.231. The predicted molar refractivity (Wildman–Crippen MR) is 72.9 cm³/mol. The number of aromatic nitrogens is 1. The largest absolute Gasteiger partial charge is 0.497 e. The summed E-state index contributed by atoms with van der Waals surface area (Å²) in [5, 5.41) is 0. The van der Waals surface area contributed by atoms with E-state index in [1.165, 1.54) is 12.3 Å². The number of amides is 1. The average Bonchev–Trinajstić information content (AvgIpc) is 2.47. The third kappa shape index (κ3) is 2.31. The summed E-state index contributed by atoms with van der Waals surface area (Å²) < 4.78 is 11.7. The summed E-state index contributed by atoms with van der Waals surface area (Å²) in [6.07, 6.45) is 1.47. The Hall–Kier alpha value is -1.60. The first-order valence-electron chi connectivity index (χ1n) is 6.05. The quantitative estimate of drug-likeness (QED) is 0.735. The van der Waals surface area contributed by atoms with Gasteiger partial charge in [-0.25, -0.2) is 4.98 Å². The highest BCUT2D eigenvalue weighted by molar-refractivity contribution is 6.63. The Kier molecular flexibility index (Phi) is 3.06. The van der Waals surface area contributed by atoms with E-state index in [1.54, 1.807) is 0 Å². The molecular formula is C12H18BN3O3. The van der Waals surface area contributed by atoms with Crippen molar-refractivity contribution in [1.29, 1.82) is 0 Å². The second-order valence-corrected chi connectivity index (χ2v) is 5.65. The number of carbonyl (C=O) groups is 1. The van der Waals surface area contributed by atoms with Crippen LogP contribution in [0.15, 0.2) is 12.3 Å². The lowest BCUT2D eigenvalue weighted by Crippen LogP contribution is -2.41. The number of anilines is 1. The first-order chi connectivity index (χ1) is 8.64. The lowest BCUT2D eigenvalue weighted by molar-refractivity contribution is 0.00578. The van der Waals surface area contributed by atoms with Gasteiger partial charge in [0.1, 0.15) is 5.82 Å². The number of primary amides is 1. The molecule has 0 aromatic carbocycles. The number of hydrogen-bond acceptors (Lipinski definition) is 5. The second kappa shape index (κ2) is 4.21. The molecule has 4 N–H and O–H groups in total.